The number of para-hydroxylation sites is 1. The van der Waals surface area contributed by atoms with Crippen molar-refractivity contribution in [3.63, 3.8) is 0 Å². The molecule has 5 heteroatoms. The van der Waals surface area contributed by atoms with E-state index in [1.54, 1.807) is 17.8 Å². The van der Waals surface area contributed by atoms with Gasteiger partial charge in [-0.3, -0.25) is 4.79 Å². The summed E-state index contributed by atoms with van der Waals surface area (Å²) in [6.45, 7) is 0.160. The van der Waals surface area contributed by atoms with Gasteiger partial charge in [-0.05, 0) is 23.3 Å². The van der Waals surface area contributed by atoms with Crippen LogP contribution in [0.4, 0.5) is 0 Å². The van der Waals surface area contributed by atoms with Crippen LogP contribution in [-0.4, -0.2) is 23.3 Å². The van der Waals surface area contributed by atoms with Crippen LogP contribution in [-0.2, 0) is 11.4 Å². The van der Waals surface area contributed by atoms with Crippen LogP contribution in [0.25, 0.3) is 11.0 Å². The molecular weight excluding hydrogens is 322 g/mol. The van der Waals surface area contributed by atoms with E-state index in [4.69, 9.17) is 4.42 Å². The fourth-order valence-corrected chi connectivity index (χ4v) is 4.23. The topological polar surface area (TPSA) is 62.5 Å². The van der Waals surface area contributed by atoms with Crippen molar-refractivity contribution in [1.82, 2.24) is 5.32 Å². The summed E-state index contributed by atoms with van der Waals surface area (Å²) in [5.41, 5.74) is 1.64. The van der Waals surface area contributed by atoms with Crippen LogP contribution in [0, 0.1) is 0 Å². The van der Waals surface area contributed by atoms with Crippen LogP contribution in [0.5, 0.6) is 0 Å². The van der Waals surface area contributed by atoms with Crippen LogP contribution in [0.1, 0.15) is 21.7 Å². The smallest absolute Gasteiger partial charge is 0.287 e. The van der Waals surface area contributed by atoms with Crippen molar-refractivity contribution in [3.05, 3.63) is 71.5 Å². The Morgan fingerprint density at radius 1 is 1.21 bits per heavy atom. The minimum atomic E-state index is -1.05. The molecule has 1 amide bonds. The number of aliphatic hydroxyl groups is 1. The van der Waals surface area contributed by atoms with Crippen molar-refractivity contribution in [1.29, 1.82) is 0 Å². The zero-order valence-electron chi connectivity index (χ0n) is 13.0. The van der Waals surface area contributed by atoms with Gasteiger partial charge in [0.2, 0.25) is 0 Å². The van der Waals surface area contributed by atoms with Crippen molar-refractivity contribution >= 4 is 28.6 Å². The molecule has 1 unspecified atom stereocenters. The fraction of sp³-hybridized carbons (Fsp3) is 0.211. The molecule has 0 spiro atoms. The lowest BCUT2D eigenvalue weighted by atomic mass is 9.91. The highest BCUT2D eigenvalue weighted by Crippen LogP contribution is 2.35. The lowest BCUT2D eigenvalue weighted by molar-refractivity contribution is 0.0544. The lowest BCUT2D eigenvalue weighted by Crippen LogP contribution is -2.44. The highest BCUT2D eigenvalue weighted by molar-refractivity contribution is 7.98. The van der Waals surface area contributed by atoms with Gasteiger partial charge in [0.1, 0.15) is 11.2 Å². The van der Waals surface area contributed by atoms with E-state index in [0.29, 0.717) is 11.3 Å². The zero-order valence-corrected chi connectivity index (χ0v) is 13.8. The van der Waals surface area contributed by atoms with E-state index in [1.165, 1.54) is 0 Å². The molecule has 0 fully saturated rings. The summed E-state index contributed by atoms with van der Waals surface area (Å²) in [6.07, 6.45) is 0. The Morgan fingerprint density at radius 3 is 2.88 bits per heavy atom. The second-order valence-corrected chi connectivity index (χ2v) is 7.00. The Kier molecular flexibility index (Phi) is 3.82. The summed E-state index contributed by atoms with van der Waals surface area (Å²) in [5, 5.41) is 14.7. The number of hydrogen-bond acceptors (Lipinski definition) is 4. The highest BCUT2D eigenvalue weighted by Gasteiger charge is 2.35. The Hall–Kier alpha value is -2.24. The van der Waals surface area contributed by atoms with E-state index >= 15 is 0 Å². The molecule has 122 valence electrons. The molecule has 1 atom stereocenters. The average Bonchev–Trinajstić information content (AvgIpc) is 3.04. The van der Waals surface area contributed by atoms with E-state index in [2.05, 4.69) is 5.32 Å². The molecule has 24 heavy (non-hydrogen) atoms. The van der Waals surface area contributed by atoms with E-state index in [9.17, 15) is 9.90 Å². The Bertz CT molecular complexity index is 871. The van der Waals surface area contributed by atoms with Crippen molar-refractivity contribution in [2.75, 3.05) is 12.3 Å². The number of thioether (sulfide) groups is 1. The third-order valence-corrected chi connectivity index (χ3v) is 5.50. The molecule has 2 aromatic carbocycles. The van der Waals surface area contributed by atoms with Gasteiger partial charge in [0, 0.05) is 16.9 Å². The molecule has 1 aliphatic heterocycles. The van der Waals surface area contributed by atoms with Gasteiger partial charge in [-0.25, -0.2) is 0 Å². The number of benzene rings is 2. The quantitative estimate of drug-likeness (QED) is 0.769. The third-order valence-electron chi connectivity index (χ3n) is 4.31. The number of rotatable bonds is 3. The van der Waals surface area contributed by atoms with Crippen molar-refractivity contribution in [2.45, 2.75) is 11.4 Å². The summed E-state index contributed by atoms with van der Waals surface area (Å²) < 4.78 is 5.57. The van der Waals surface area contributed by atoms with Gasteiger partial charge >= 0.3 is 0 Å². The van der Waals surface area contributed by atoms with Crippen molar-refractivity contribution in [3.8, 4) is 0 Å². The molecule has 1 aliphatic rings. The van der Waals surface area contributed by atoms with Crippen LogP contribution in [0.3, 0.4) is 0 Å². The van der Waals surface area contributed by atoms with Crippen LogP contribution in [0.2, 0.25) is 0 Å². The molecular formula is C19H17NO3S. The maximum atomic E-state index is 12.4. The number of hydrogen-bond donors (Lipinski definition) is 2. The highest BCUT2D eigenvalue weighted by atomic mass is 32.2. The predicted octanol–water partition coefficient (Wildman–Crippen LogP) is 3.30. The summed E-state index contributed by atoms with van der Waals surface area (Å²) in [7, 11) is 0. The normalized spacial score (nSPS) is 19.9. The van der Waals surface area contributed by atoms with Crippen LogP contribution < -0.4 is 5.32 Å². The number of carbonyl (C=O) groups excluding carboxylic acids is 1. The molecule has 0 saturated carbocycles. The number of furan rings is 1. The van der Waals surface area contributed by atoms with Gasteiger partial charge < -0.3 is 14.8 Å². The molecule has 4 rings (SSSR count). The summed E-state index contributed by atoms with van der Waals surface area (Å²) in [4.78, 5) is 12.4. The summed E-state index contributed by atoms with van der Waals surface area (Å²) >= 11 is 1.67. The first kappa shape index (κ1) is 15.3. The number of carbonyl (C=O) groups is 1. The van der Waals surface area contributed by atoms with E-state index in [0.717, 1.165) is 22.3 Å². The molecule has 2 heterocycles. The first-order chi connectivity index (χ1) is 11.7. The van der Waals surface area contributed by atoms with Gasteiger partial charge in [0.25, 0.3) is 5.91 Å². The molecule has 3 aromatic rings. The minimum absolute atomic E-state index is 0.160. The minimum Gasteiger partial charge on any atom is -0.451 e. The van der Waals surface area contributed by atoms with E-state index in [-0.39, 0.29) is 18.2 Å². The van der Waals surface area contributed by atoms with Crippen LogP contribution >= 0.6 is 11.8 Å². The van der Waals surface area contributed by atoms with E-state index in [1.807, 2.05) is 48.5 Å². The molecule has 4 nitrogen and oxygen atoms in total. The Balaban J connectivity index is 1.53. The maximum absolute atomic E-state index is 12.4. The molecule has 0 bridgehead atoms. The molecule has 0 radical (unpaired) electrons. The first-order valence-corrected chi connectivity index (χ1v) is 8.96. The van der Waals surface area contributed by atoms with Crippen molar-refractivity contribution < 1.29 is 14.3 Å². The van der Waals surface area contributed by atoms with Gasteiger partial charge in [-0.15, -0.1) is 0 Å². The second kappa shape index (κ2) is 6.00. The second-order valence-electron chi connectivity index (χ2n) is 6.01. The molecule has 1 aromatic heterocycles. The number of amides is 1. The molecule has 0 aliphatic carbocycles. The fourth-order valence-electron chi connectivity index (χ4n) is 3.06. The lowest BCUT2D eigenvalue weighted by Gasteiger charge is -2.34. The Labute approximate surface area is 143 Å². The zero-order chi connectivity index (χ0) is 16.6. The Morgan fingerprint density at radius 2 is 2.00 bits per heavy atom. The number of fused-ring (bicyclic) bond motifs is 2. The van der Waals surface area contributed by atoms with Gasteiger partial charge in [0.05, 0.1) is 6.54 Å². The summed E-state index contributed by atoms with van der Waals surface area (Å²) in [6, 6.07) is 17.1. The maximum Gasteiger partial charge on any atom is 0.287 e. The molecule has 0 saturated heterocycles. The third kappa shape index (κ3) is 2.70. The van der Waals surface area contributed by atoms with E-state index < -0.39 is 5.60 Å². The summed E-state index contributed by atoms with van der Waals surface area (Å²) in [5.74, 6) is 1.39. The van der Waals surface area contributed by atoms with Crippen molar-refractivity contribution in [2.24, 2.45) is 0 Å². The largest absolute Gasteiger partial charge is 0.451 e. The standard InChI is InChI=1S/C19H17NO3S/c21-18(17-9-13-5-2-4-8-16(13)23-17)20-11-19(22)12-24-10-14-6-1-3-7-15(14)19/h1-9,22H,10-12H2,(H,20,21). The predicted molar refractivity (Wildman–Crippen MR) is 95.0 cm³/mol. The average molecular weight is 339 g/mol. The van der Waals surface area contributed by atoms with Crippen LogP contribution in [0.15, 0.2) is 59.0 Å². The SMILES string of the molecule is O=C(NCC1(O)CSCc2ccccc21)c1cc2ccccc2o1. The number of nitrogens with one attached hydrogen (secondary N) is 1. The van der Waals surface area contributed by atoms with Gasteiger partial charge in [-0.2, -0.15) is 11.8 Å². The van der Waals surface area contributed by atoms with Gasteiger partial charge in [-0.1, -0.05) is 42.5 Å². The first-order valence-electron chi connectivity index (χ1n) is 7.81. The monoisotopic (exact) mass is 339 g/mol. The van der Waals surface area contributed by atoms with Gasteiger partial charge in [0.15, 0.2) is 5.76 Å². The molecule has 2 N–H and O–H groups in total.